The predicted octanol–water partition coefficient (Wildman–Crippen LogP) is 4.16. The second kappa shape index (κ2) is 9.00. The van der Waals surface area contributed by atoms with Gasteiger partial charge in [-0.2, -0.15) is 0 Å². The average molecular weight is 433 g/mol. The molecule has 1 saturated carbocycles. The van der Waals surface area contributed by atoms with E-state index in [1.54, 1.807) is 0 Å². The Hall–Kier alpha value is -2.76. The van der Waals surface area contributed by atoms with E-state index in [4.69, 9.17) is 9.97 Å². The largest absolute Gasteiger partial charge is 0.332 e. The summed E-state index contributed by atoms with van der Waals surface area (Å²) in [5.74, 6) is 2.05. The topological polar surface area (TPSA) is 66.4 Å². The molecule has 0 bridgehead atoms. The van der Waals surface area contributed by atoms with Gasteiger partial charge in [0.15, 0.2) is 5.82 Å². The Bertz CT molecular complexity index is 1000. The van der Waals surface area contributed by atoms with Crippen LogP contribution in [0, 0.1) is 12.8 Å². The lowest BCUT2D eigenvalue weighted by molar-refractivity contribution is -0.136. The van der Waals surface area contributed by atoms with Gasteiger partial charge in [0.1, 0.15) is 5.82 Å². The van der Waals surface area contributed by atoms with Crippen LogP contribution >= 0.6 is 0 Å². The first kappa shape index (κ1) is 21.1. The van der Waals surface area contributed by atoms with Gasteiger partial charge in [-0.05, 0) is 51.0 Å². The van der Waals surface area contributed by atoms with Gasteiger partial charge in [0.05, 0.1) is 6.04 Å². The van der Waals surface area contributed by atoms with Crippen molar-refractivity contribution in [3.05, 3.63) is 53.0 Å². The zero-order valence-corrected chi connectivity index (χ0v) is 18.9. The Morgan fingerprint density at radius 2 is 1.81 bits per heavy atom. The highest BCUT2D eigenvalue weighted by Gasteiger charge is 2.38. The summed E-state index contributed by atoms with van der Waals surface area (Å²) in [7, 11) is 0. The van der Waals surface area contributed by atoms with Crippen LogP contribution in [-0.2, 0) is 22.4 Å². The van der Waals surface area contributed by atoms with E-state index >= 15 is 0 Å². The number of aryl methyl sites for hydroxylation is 1. The molecule has 32 heavy (non-hydrogen) atoms. The fraction of sp³-hybridized carbons (Fsp3) is 0.538. The van der Waals surface area contributed by atoms with Gasteiger partial charge in [-0.25, -0.2) is 9.97 Å². The molecule has 2 aliphatic heterocycles. The normalized spacial score (nSPS) is 21.3. The molecule has 0 spiro atoms. The van der Waals surface area contributed by atoms with Crippen molar-refractivity contribution in [2.45, 2.75) is 70.8 Å². The highest BCUT2D eigenvalue weighted by atomic mass is 16.2. The first-order valence-electron chi connectivity index (χ1n) is 12.1. The van der Waals surface area contributed by atoms with Crippen molar-refractivity contribution in [3.63, 3.8) is 0 Å². The second-order valence-corrected chi connectivity index (χ2v) is 9.42. The quantitative estimate of drug-likeness (QED) is 0.712. The van der Waals surface area contributed by atoms with E-state index in [0.29, 0.717) is 25.2 Å². The molecule has 1 aromatic carbocycles. The first-order valence-corrected chi connectivity index (χ1v) is 12.1. The van der Waals surface area contributed by atoms with Crippen LogP contribution in [0.3, 0.4) is 0 Å². The highest BCUT2D eigenvalue weighted by Crippen LogP contribution is 2.37. The number of amides is 2. The molecule has 3 aliphatic rings. The van der Waals surface area contributed by atoms with Gasteiger partial charge in [0, 0.05) is 36.7 Å². The minimum absolute atomic E-state index is 0.0694. The second-order valence-electron chi connectivity index (χ2n) is 9.42. The molecule has 0 N–H and O–H groups in total. The summed E-state index contributed by atoms with van der Waals surface area (Å²) < 4.78 is 0. The fourth-order valence-corrected chi connectivity index (χ4v) is 5.57. The Balaban J connectivity index is 1.42. The minimum Gasteiger partial charge on any atom is -0.332 e. The van der Waals surface area contributed by atoms with E-state index in [9.17, 15) is 9.59 Å². The lowest BCUT2D eigenvalue weighted by Gasteiger charge is -2.31. The molecule has 168 valence electrons. The molecule has 1 atom stereocenters. The molecule has 0 unspecified atom stereocenters. The maximum absolute atomic E-state index is 13.2. The summed E-state index contributed by atoms with van der Waals surface area (Å²) in [4.78, 5) is 39.8. The first-order chi connectivity index (χ1) is 15.6. The van der Waals surface area contributed by atoms with Gasteiger partial charge < -0.3 is 4.90 Å². The third kappa shape index (κ3) is 4.03. The summed E-state index contributed by atoms with van der Waals surface area (Å²) >= 11 is 0. The molecule has 1 saturated heterocycles. The van der Waals surface area contributed by atoms with Gasteiger partial charge in [-0.1, -0.05) is 43.2 Å². The number of nitrogens with zero attached hydrogens (tertiary/aromatic N) is 4. The summed E-state index contributed by atoms with van der Waals surface area (Å²) in [6, 6.07) is 10.2. The molecule has 1 aliphatic carbocycles. The summed E-state index contributed by atoms with van der Waals surface area (Å²) in [5, 5.41) is 0. The van der Waals surface area contributed by atoms with Crippen LogP contribution in [0.5, 0.6) is 0 Å². The molecule has 1 aromatic heterocycles. The third-order valence-electron chi connectivity index (χ3n) is 7.36. The number of likely N-dealkylation sites (tertiary alicyclic amines) is 1. The number of hydrogen-bond donors (Lipinski definition) is 0. The van der Waals surface area contributed by atoms with Crippen LogP contribution in [0.1, 0.15) is 73.6 Å². The van der Waals surface area contributed by atoms with Crippen molar-refractivity contribution in [1.29, 1.82) is 0 Å². The molecule has 3 heterocycles. The number of fused-ring (bicyclic) bond motifs is 1. The van der Waals surface area contributed by atoms with E-state index < -0.39 is 0 Å². The number of aromatic nitrogens is 2. The molecule has 2 amide bonds. The van der Waals surface area contributed by atoms with Crippen molar-refractivity contribution >= 4 is 17.6 Å². The van der Waals surface area contributed by atoms with Gasteiger partial charge in [-0.15, -0.1) is 0 Å². The number of carbonyl (C=O) groups excluding carboxylic acids is 2. The van der Waals surface area contributed by atoms with Gasteiger partial charge >= 0.3 is 0 Å². The Morgan fingerprint density at radius 1 is 1.03 bits per heavy atom. The van der Waals surface area contributed by atoms with Crippen LogP contribution in [-0.4, -0.2) is 39.8 Å². The van der Waals surface area contributed by atoms with Crippen LogP contribution in [0.4, 0.5) is 5.82 Å². The molecular formula is C26H32N4O2. The standard InChI is InChI=1S/C26H32N4O2/c1-18-21-13-14-23(31)30(17-15-19-8-3-2-4-9-19)25(21)28-24(27-18)22-12-7-16-29(22)26(32)20-10-5-6-11-20/h2-4,8-9,20,22H,5-7,10-17H2,1H3/t22-/m0/s1. The Morgan fingerprint density at radius 3 is 2.59 bits per heavy atom. The minimum atomic E-state index is -0.0694. The van der Waals surface area contributed by atoms with Gasteiger partial charge in [-0.3, -0.25) is 14.5 Å². The van der Waals surface area contributed by atoms with E-state index in [-0.39, 0.29) is 23.8 Å². The van der Waals surface area contributed by atoms with Crippen LogP contribution < -0.4 is 4.90 Å². The van der Waals surface area contributed by atoms with E-state index in [1.807, 2.05) is 34.9 Å². The van der Waals surface area contributed by atoms with Gasteiger partial charge in [0.25, 0.3) is 0 Å². The van der Waals surface area contributed by atoms with Crippen LogP contribution in [0.15, 0.2) is 30.3 Å². The highest BCUT2D eigenvalue weighted by molar-refractivity contribution is 5.95. The predicted molar refractivity (Wildman–Crippen MR) is 123 cm³/mol. The van der Waals surface area contributed by atoms with Crippen molar-refractivity contribution in [1.82, 2.24) is 14.9 Å². The summed E-state index contributed by atoms with van der Waals surface area (Å²) in [6.45, 7) is 3.42. The maximum Gasteiger partial charge on any atom is 0.228 e. The van der Waals surface area contributed by atoms with E-state index in [2.05, 4.69) is 12.1 Å². The fourth-order valence-electron chi connectivity index (χ4n) is 5.57. The van der Waals surface area contributed by atoms with Crippen molar-refractivity contribution in [2.24, 2.45) is 5.92 Å². The average Bonchev–Trinajstić information content (AvgIpc) is 3.51. The number of benzene rings is 1. The number of carbonyl (C=O) groups is 2. The molecule has 2 fully saturated rings. The van der Waals surface area contributed by atoms with Crippen LogP contribution in [0.2, 0.25) is 0 Å². The number of rotatable bonds is 5. The molecular weight excluding hydrogens is 400 g/mol. The van der Waals surface area contributed by atoms with E-state index in [1.165, 1.54) is 5.56 Å². The van der Waals surface area contributed by atoms with Crippen molar-refractivity contribution < 1.29 is 9.59 Å². The van der Waals surface area contributed by atoms with Gasteiger partial charge in [0.2, 0.25) is 11.8 Å². The summed E-state index contributed by atoms with van der Waals surface area (Å²) in [6.07, 6.45) is 8.19. The molecule has 6 nitrogen and oxygen atoms in total. The zero-order valence-electron chi connectivity index (χ0n) is 18.9. The zero-order chi connectivity index (χ0) is 22.1. The van der Waals surface area contributed by atoms with Crippen molar-refractivity contribution in [3.8, 4) is 0 Å². The number of anilines is 1. The summed E-state index contributed by atoms with van der Waals surface area (Å²) in [5.41, 5.74) is 3.23. The lowest BCUT2D eigenvalue weighted by atomic mass is 10.0. The Labute approximate surface area is 190 Å². The maximum atomic E-state index is 13.2. The van der Waals surface area contributed by atoms with E-state index in [0.717, 1.165) is 68.6 Å². The van der Waals surface area contributed by atoms with Crippen molar-refractivity contribution in [2.75, 3.05) is 18.0 Å². The molecule has 2 aromatic rings. The molecule has 0 radical (unpaired) electrons. The Kier molecular flexibility index (Phi) is 5.94. The smallest absolute Gasteiger partial charge is 0.228 e. The monoisotopic (exact) mass is 432 g/mol. The molecule has 6 heteroatoms. The SMILES string of the molecule is Cc1nc([C@@H]2CCCN2C(=O)C2CCCC2)nc2c1CCC(=O)N2CCc1ccccc1. The van der Waals surface area contributed by atoms with Crippen LogP contribution in [0.25, 0.3) is 0 Å². The lowest BCUT2D eigenvalue weighted by Crippen LogP contribution is -2.39. The molecule has 5 rings (SSSR count). The number of hydrogen-bond acceptors (Lipinski definition) is 4. The third-order valence-corrected chi connectivity index (χ3v) is 7.36.